The Morgan fingerprint density at radius 3 is 2.33 bits per heavy atom. The first kappa shape index (κ1) is 33.0. The Bertz CT molecular complexity index is 1250. The lowest BCUT2D eigenvalue weighted by Gasteiger charge is -2.37. The summed E-state index contributed by atoms with van der Waals surface area (Å²) in [6, 6.07) is 17.6. The van der Waals surface area contributed by atoms with Crippen LogP contribution in [0.1, 0.15) is 82.4 Å². The Morgan fingerprint density at radius 1 is 0.889 bits per heavy atom. The highest BCUT2D eigenvalue weighted by Crippen LogP contribution is 2.33. The summed E-state index contributed by atoms with van der Waals surface area (Å²) in [5, 5.41) is 3.11. The maximum Gasteiger partial charge on any atom is 0.338 e. The SMILES string of the molecule is CCOC(=O)C1=C(C)N(CCC2CCN(Cc3ccccc3)CC2)C(=O)NC1c1ccc(OCCCCCN2CCCC2)cc1. The topological polar surface area (TPSA) is 74.3 Å². The molecule has 3 heterocycles. The van der Waals surface area contributed by atoms with Crippen molar-refractivity contribution in [2.45, 2.75) is 77.8 Å². The third kappa shape index (κ3) is 9.33. The van der Waals surface area contributed by atoms with Crippen molar-refractivity contribution < 1.29 is 19.1 Å². The van der Waals surface area contributed by atoms with E-state index in [0.29, 0.717) is 30.3 Å². The fraction of sp³-hybridized carbons (Fsp3) is 0.568. The van der Waals surface area contributed by atoms with Gasteiger partial charge in [-0.3, -0.25) is 9.80 Å². The molecule has 2 fully saturated rings. The molecule has 2 aromatic rings. The Morgan fingerprint density at radius 2 is 1.62 bits per heavy atom. The van der Waals surface area contributed by atoms with Gasteiger partial charge in [0.05, 0.1) is 24.8 Å². The summed E-state index contributed by atoms with van der Waals surface area (Å²) in [5.41, 5.74) is 3.37. The molecule has 8 nitrogen and oxygen atoms in total. The summed E-state index contributed by atoms with van der Waals surface area (Å²) in [4.78, 5) is 33.4. The molecular weight excluding hydrogens is 564 g/mol. The number of esters is 1. The van der Waals surface area contributed by atoms with E-state index in [1.54, 1.807) is 4.90 Å². The van der Waals surface area contributed by atoms with Gasteiger partial charge in [0.1, 0.15) is 5.75 Å². The van der Waals surface area contributed by atoms with Gasteiger partial charge in [-0.1, -0.05) is 42.5 Å². The Kier molecular flexibility index (Phi) is 12.3. The predicted octanol–water partition coefficient (Wildman–Crippen LogP) is 6.54. The number of carbonyl (C=O) groups is 2. The average molecular weight is 617 g/mol. The fourth-order valence-electron chi connectivity index (χ4n) is 6.93. The number of hydrogen-bond acceptors (Lipinski definition) is 6. The van der Waals surface area contributed by atoms with Crippen molar-refractivity contribution in [2.75, 3.05) is 52.5 Å². The van der Waals surface area contributed by atoms with E-state index >= 15 is 0 Å². The van der Waals surface area contributed by atoms with Crippen LogP contribution < -0.4 is 10.1 Å². The van der Waals surface area contributed by atoms with E-state index < -0.39 is 6.04 Å². The van der Waals surface area contributed by atoms with E-state index in [1.807, 2.05) is 38.1 Å². The Balaban J connectivity index is 1.14. The van der Waals surface area contributed by atoms with Gasteiger partial charge in [0.2, 0.25) is 0 Å². The molecule has 1 unspecified atom stereocenters. The Hall–Kier alpha value is -3.36. The largest absolute Gasteiger partial charge is 0.494 e. The van der Waals surface area contributed by atoms with Gasteiger partial charge < -0.3 is 19.7 Å². The van der Waals surface area contributed by atoms with Crippen molar-refractivity contribution in [1.29, 1.82) is 0 Å². The number of rotatable bonds is 15. The van der Waals surface area contributed by atoms with Crippen LogP contribution in [0.25, 0.3) is 0 Å². The molecule has 2 aromatic carbocycles. The molecule has 8 heteroatoms. The smallest absolute Gasteiger partial charge is 0.338 e. The third-order valence-electron chi connectivity index (χ3n) is 9.61. The number of urea groups is 1. The minimum absolute atomic E-state index is 0.165. The lowest BCUT2D eigenvalue weighted by Crippen LogP contribution is -2.48. The van der Waals surface area contributed by atoms with Crippen LogP contribution in [0.5, 0.6) is 5.75 Å². The van der Waals surface area contributed by atoms with Crippen LogP contribution in [0.15, 0.2) is 65.9 Å². The molecule has 1 N–H and O–H groups in total. The van der Waals surface area contributed by atoms with E-state index in [0.717, 1.165) is 56.6 Å². The van der Waals surface area contributed by atoms with Gasteiger partial charge in [0, 0.05) is 18.8 Å². The second kappa shape index (κ2) is 16.8. The summed E-state index contributed by atoms with van der Waals surface area (Å²) >= 11 is 0. The predicted molar refractivity (Wildman–Crippen MR) is 178 cm³/mol. The first-order chi connectivity index (χ1) is 22.0. The molecule has 2 amide bonds. The van der Waals surface area contributed by atoms with E-state index in [1.165, 1.54) is 50.9 Å². The number of likely N-dealkylation sites (tertiary alicyclic amines) is 2. The van der Waals surface area contributed by atoms with Crippen LogP contribution in [0, 0.1) is 5.92 Å². The highest BCUT2D eigenvalue weighted by molar-refractivity contribution is 5.95. The molecular formula is C37H52N4O4. The zero-order valence-corrected chi connectivity index (χ0v) is 27.3. The van der Waals surface area contributed by atoms with Gasteiger partial charge in [0.25, 0.3) is 0 Å². The van der Waals surface area contributed by atoms with Gasteiger partial charge in [-0.05, 0) is 127 Å². The summed E-state index contributed by atoms with van der Waals surface area (Å²) < 4.78 is 11.5. The molecule has 45 heavy (non-hydrogen) atoms. The molecule has 0 bridgehead atoms. The summed E-state index contributed by atoms with van der Waals surface area (Å²) in [6.07, 6.45) is 9.25. The fourth-order valence-corrected chi connectivity index (χ4v) is 6.93. The number of nitrogens with one attached hydrogen (secondary N) is 1. The summed E-state index contributed by atoms with van der Waals surface area (Å²) in [5.74, 6) is 0.975. The number of hydrogen-bond donors (Lipinski definition) is 1. The van der Waals surface area contributed by atoms with Crippen molar-refractivity contribution in [2.24, 2.45) is 5.92 Å². The lowest BCUT2D eigenvalue weighted by molar-refractivity contribution is -0.139. The third-order valence-corrected chi connectivity index (χ3v) is 9.61. The number of nitrogens with zero attached hydrogens (tertiary/aromatic N) is 3. The second-order valence-corrected chi connectivity index (χ2v) is 12.8. The number of piperidine rings is 1. The van der Waals surface area contributed by atoms with Crippen LogP contribution in [-0.4, -0.2) is 79.2 Å². The van der Waals surface area contributed by atoms with Gasteiger partial charge in [0.15, 0.2) is 0 Å². The van der Waals surface area contributed by atoms with Crippen molar-refractivity contribution in [3.63, 3.8) is 0 Å². The summed E-state index contributed by atoms with van der Waals surface area (Å²) in [6.45, 7) is 12.1. The number of amides is 2. The number of carbonyl (C=O) groups excluding carboxylic acids is 2. The lowest BCUT2D eigenvalue weighted by atomic mass is 9.92. The van der Waals surface area contributed by atoms with Crippen LogP contribution in [-0.2, 0) is 16.1 Å². The molecule has 0 saturated carbocycles. The zero-order chi connectivity index (χ0) is 31.4. The molecule has 1 atom stereocenters. The van der Waals surface area contributed by atoms with Gasteiger partial charge in [-0.15, -0.1) is 0 Å². The van der Waals surface area contributed by atoms with Gasteiger partial charge in [-0.25, -0.2) is 9.59 Å². The second-order valence-electron chi connectivity index (χ2n) is 12.8. The zero-order valence-electron chi connectivity index (χ0n) is 27.3. The summed E-state index contributed by atoms with van der Waals surface area (Å²) in [7, 11) is 0. The molecule has 3 aliphatic heterocycles. The minimum Gasteiger partial charge on any atom is -0.494 e. The molecule has 0 aliphatic carbocycles. The first-order valence-electron chi connectivity index (χ1n) is 17.2. The van der Waals surface area contributed by atoms with Crippen molar-refractivity contribution in [1.82, 2.24) is 20.0 Å². The quantitative estimate of drug-likeness (QED) is 0.181. The van der Waals surface area contributed by atoms with Crippen LogP contribution in [0.3, 0.4) is 0 Å². The average Bonchev–Trinajstić information content (AvgIpc) is 3.58. The molecule has 0 aromatic heterocycles. The van der Waals surface area contributed by atoms with Crippen molar-refractivity contribution in [3.05, 3.63) is 77.0 Å². The molecule has 0 spiro atoms. The Labute approximate surface area is 269 Å². The van der Waals surface area contributed by atoms with E-state index in [9.17, 15) is 9.59 Å². The normalized spacial score (nSPS) is 20.0. The number of benzene rings is 2. The molecule has 244 valence electrons. The maximum atomic E-state index is 13.4. The monoisotopic (exact) mass is 616 g/mol. The highest BCUT2D eigenvalue weighted by Gasteiger charge is 2.36. The van der Waals surface area contributed by atoms with Gasteiger partial charge >= 0.3 is 12.0 Å². The van der Waals surface area contributed by atoms with E-state index in [4.69, 9.17) is 9.47 Å². The molecule has 3 aliphatic rings. The van der Waals surface area contributed by atoms with Crippen LogP contribution >= 0.6 is 0 Å². The first-order valence-corrected chi connectivity index (χ1v) is 17.2. The number of ether oxygens (including phenoxy) is 2. The number of allylic oxidation sites excluding steroid dienone is 1. The van der Waals surface area contributed by atoms with Crippen LogP contribution in [0.2, 0.25) is 0 Å². The van der Waals surface area contributed by atoms with Crippen molar-refractivity contribution >= 4 is 12.0 Å². The van der Waals surface area contributed by atoms with E-state index in [-0.39, 0.29) is 18.6 Å². The molecule has 5 rings (SSSR count). The molecule has 0 radical (unpaired) electrons. The van der Waals surface area contributed by atoms with Gasteiger partial charge in [-0.2, -0.15) is 0 Å². The van der Waals surface area contributed by atoms with Crippen LogP contribution in [0.4, 0.5) is 4.79 Å². The van der Waals surface area contributed by atoms with E-state index in [2.05, 4.69) is 45.4 Å². The number of unbranched alkanes of at least 4 members (excludes halogenated alkanes) is 2. The van der Waals surface area contributed by atoms with Crippen molar-refractivity contribution in [3.8, 4) is 5.75 Å². The maximum absolute atomic E-state index is 13.4. The highest BCUT2D eigenvalue weighted by atomic mass is 16.5. The molecule has 2 saturated heterocycles. The minimum atomic E-state index is -0.561. The standard InChI is InChI=1S/C37H52N4O4/c1-3-44-36(42)34-29(2)41(26-20-30-18-24-40(25-19-30)28-31-12-6-4-7-13-31)37(43)38-35(34)32-14-16-33(17-15-32)45-27-11-5-8-21-39-22-9-10-23-39/h4,6-7,12-17,30,35H,3,5,8-11,18-28H2,1-2H3,(H,38,43).